The van der Waals surface area contributed by atoms with Gasteiger partial charge in [0.1, 0.15) is 0 Å². The van der Waals surface area contributed by atoms with Crippen molar-refractivity contribution >= 4 is 11.9 Å². The van der Waals surface area contributed by atoms with Gasteiger partial charge in [-0.3, -0.25) is 9.59 Å². The Labute approximate surface area is 126 Å². The van der Waals surface area contributed by atoms with Gasteiger partial charge in [0, 0.05) is 13.1 Å². The number of carbonyl (C=O) groups is 2. The number of piperidine rings is 1. The third-order valence-corrected chi connectivity index (χ3v) is 6.20. The van der Waals surface area contributed by atoms with E-state index in [0.717, 1.165) is 45.2 Å². The van der Waals surface area contributed by atoms with Crippen molar-refractivity contribution in [3.05, 3.63) is 0 Å². The van der Waals surface area contributed by atoms with Gasteiger partial charge in [0.25, 0.3) is 0 Å². The molecule has 1 spiro atoms. The molecule has 3 aliphatic rings. The third kappa shape index (κ3) is 2.95. The van der Waals surface area contributed by atoms with Gasteiger partial charge in [-0.15, -0.1) is 0 Å². The van der Waals surface area contributed by atoms with Gasteiger partial charge in [-0.2, -0.15) is 0 Å². The van der Waals surface area contributed by atoms with Gasteiger partial charge in [-0.05, 0) is 43.9 Å². The fourth-order valence-electron chi connectivity index (χ4n) is 4.78. The fraction of sp³-hybridized carbons (Fsp3) is 0.882. The second-order valence-corrected chi connectivity index (χ2v) is 7.37. The Balaban J connectivity index is 1.61. The van der Waals surface area contributed by atoms with Crippen molar-refractivity contribution in [3.63, 3.8) is 0 Å². The number of aliphatic carboxylic acids is 1. The average Bonchev–Trinajstić information content (AvgIpc) is 2.95. The molecule has 3 rings (SSSR count). The minimum Gasteiger partial charge on any atom is -0.481 e. The first-order valence-electron chi connectivity index (χ1n) is 8.63. The molecule has 1 saturated heterocycles. The van der Waals surface area contributed by atoms with Crippen LogP contribution in [0, 0.1) is 17.3 Å². The minimum atomic E-state index is -0.780. The fourth-order valence-corrected chi connectivity index (χ4v) is 4.78. The zero-order valence-corrected chi connectivity index (χ0v) is 12.9. The molecule has 0 bridgehead atoms. The third-order valence-electron chi connectivity index (χ3n) is 6.20. The van der Waals surface area contributed by atoms with Crippen LogP contribution in [0.15, 0.2) is 0 Å². The molecule has 2 aliphatic carbocycles. The second kappa shape index (κ2) is 5.98. The number of nitrogens with zero attached hydrogens (tertiary/aromatic N) is 1. The van der Waals surface area contributed by atoms with Crippen LogP contribution in [0.4, 0.5) is 0 Å². The van der Waals surface area contributed by atoms with Crippen molar-refractivity contribution in [1.82, 2.24) is 4.90 Å². The van der Waals surface area contributed by atoms with Crippen LogP contribution in [-0.2, 0) is 9.59 Å². The quantitative estimate of drug-likeness (QED) is 0.851. The summed E-state index contributed by atoms with van der Waals surface area (Å²) in [7, 11) is 0. The van der Waals surface area contributed by atoms with E-state index < -0.39 is 11.9 Å². The lowest BCUT2D eigenvalue weighted by molar-refractivity contribution is -0.153. The van der Waals surface area contributed by atoms with Crippen molar-refractivity contribution in [3.8, 4) is 0 Å². The summed E-state index contributed by atoms with van der Waals surface area (Å²) in [5.41, 5.74) is 0.509. The number of likely N-dealkylation sites (tertiary alicyclic amines) is 1. The highest BCUT2D eigenvalue weighted by atomic mass is 16.4. The molecule has 0 unspecified atom stereocenters. The average molecular weight is 293 g/mol. The highest BCUT2D eigenvalue weighted by molar-refractivity contribution is 5.85. The van der Waals surface area contributed by atoms with E-state index in [1.54, 1.807) is 0 Å². The molecular weight excluding hydrogens is 266 g/mol. The van der Waals surface area contributed by atoms with Crippen LogP contribution in [0.1, 0.15) is 64.2 Å². The van der Waals surface area contributed by atoms with Crippen LogP contribution in [0.2, 0.25) is 0 Å². The number of hydrogen-bond donors (Lipinski definition) is 1. The Kier molecular flexibility index (Phi) is 4.23. The van der Waals surface area contributed by atoms with Gasteiger partial charge in [0.2, 0.25) is 5.91 Å². The van der Waals surface area contributed by atoms with Crippen LogP contribution in [0.5, 0.6) is 0 Å². The zero-order valence-electron chi connectivity index (χ0n) is 12.9. The van der Waals surface area contributed by atoms with Gasteiger partial charge in [-0.25, -0.2) is 0 Å². The molecule has 4 nitrogen and oxygen atoms in total. The second-order valence-electron chi connectivity index (χ2n) is 7.37. The molecular formula is C17H27NO3. The van der Waals surface area contributed by atoms with Crippen LogP contribution in [0.3, 0.4) is 0 Å². The van der Waals surface area contributed by atoms with E-state index in [2.05, 4.69) is 0 Å². The molecule has 21 heavy (non-hydrogen) atoms. The monoisotopic (exact) mass is 293 g/mol. The summed E-state index contributed by atoms with van der Waals surface area (Å²) in [6.07, 6.45) is 11.0. The number of carboxylic acid groups (broad SMARTS) is 1. The Hall–Kier alpha value is -1.06. The normalized spacial score (nSPS) is 32.3. The highest BCUT2D eigenvalue weighted by Gasteiger charge is 2.42. The number of carboxylic acids is 1. The lowest BCUT2D eigenvalue weighted by Crippen LogP contribution is -2.47. The standard InChI is InChI=1S/C17H27NO3/c19-15(13-5-1-2-6-14(13)16(20)21)18-11-9-17(10-12-18)7-3-4-8-17/h13-14H,1-12H2,(H,20,21)/t13-,14+/m1/s1. The molecule has 3 fully saturated rings. The van der Waals surface area contributed by atoms with Gasteiger partial charge in [-0.1, -0.05) is 25.7 Å². The van der Waals surface area contributed by atoms with E-state index in [4.69, 9.17) is 0 Å². The number of rotatable bonds is 2. The Morgan fingerprint density at radius 3 is 2.00 bits per heavy atom. The van der Waals surface area contributed by atoms with E-state index in [9.17, 15) is 14.7 Å². The first-order valence-corrected chi connectivity index (χ1v) is 8.63. The van der Waals surface area contributed by atoms with Gasteiger partial charge < -0.3 is 10.0 Å². The number of carbonyl (C=O) groups excluding carboxylic acids is 1. The maximum Gasteiger partial charge on any atom is 0.307 e. The van der Waals surface area contributed by atoms with Crippen LogP contribution < -0.4 is 0 Å². The topological polar surface area (TPSA) is 57.6 Å². The predicted molar refractivity (Wildman–Crippen MR) is 79.8 cm³/mol. The molecule has 118 valence electrons. The largest absolute Gasteiger partial charge is 0.481 e. The first-order chi connectivity index (χ1) is 10.1. The Bertz CT molecular complexity index is 404. The molecule has 0 aromatic heterocycles. The predicted octanol–water partition coefficient (Wildman–Crippen LogP) is 3.06. The molecule has 0 aromatic carbocycles. The van der Waals surface area contributed by atoms with Gasteiger partial charge in [0.15, 0.2) is 0 Å². The van der Waals surface area contributed by atoms with E-state index in [1.807, 2.05) is 4.90 Å². The van der Waals surface area contributed by atoms with Crippen LogP contribution in [0.25, 0.3) is 0 Å². The van der Waals surface area contributed by atoms with Gasteiger partial charge in [0.05, 0.1) is 11.8 Å². The number of hydrogen-bond acceptors (Lipinski definition) is 2. The molecule has 1 heterocycles. The summed E-state index contributed by atoms with van der Waals surface area (Å²) in [6, 6.07) is 0. The molecule has 1 aliphatic heterocycles. The Morgan fingerprint density at radius 2 is 1.43 bits per heavy atom. The summed E-state index contributed by atoms with van der Waals surface area (Å²) < 4.78 is 0. The Morgan fingerprint density at radius 1 is 0.857 bits per heavy atom. The van der Waals surface area contributed by atoms with Crippen molar-refractivity contribution in [2.45, 2.75) is 64.2 Å². The SMILES string of the molecule is O=C(O)[C@H]1CCCC[C@H]1C(=O)N1CCC2(CCCC2)CC1. The molecule has 0 radical (unpaired) electrons. The van der Waals surface area contributed by atoms with Crippen molar-refractivity contribution in [2.75, 3.05) is 13.1 Å². The van der Waals surface area contributed by atoms with Crippen LogP contribution >= 0.6 is 0 Å². The summed E-state index contributed by atoms with van der Waals surface area (Å²) in [5, 5.41) is 9.35. The maximum atomic E-state index is 12.7. The zero-order chi connectivity index (χ0) is 14.9. The summed E-state index contributed by atoms with van der Waals surface area (Å²) in [5.74, 6) is -1.38. The molecule has 2 atom stereocenters. The molecule has 4 heteroatoms. The van der Waals surface area contributed by atoms with E-state index >= 15 is 0 Å². The molecule has 2 saturated carbocycles. The molecule has 0 aromatic rings. The number of amides is 1. The first kappa shape index (κ1) is 14.9. The molecule has 1 amide bonds. The van der Waals surface area contributed by atoms with E-state index in [-0.39, 0.29) is 11.8 Å². The van der Waals surface area contributed by atoms with Crippen molar-refractivity contribution in [1.29, 1.82) is 0 Å². The molecule has 1 N–H and O–H groups in total. The van der Waals surface area contributed by atoms with Crippen molar-refractivity contribution < 1.29 is 14.7 Å². The van der Waals surface area contributed by atoms with E-state index in [1.165, 1.54) is 25.7 Å². The van der Waals surface area contributed by atoms with Crippen molar-refractivity contribution in [2.24, 2.45) is 17.3 Å². The maximum absolute atomic E-state index is 12.7. The lowest BCUT2D eigenvalue weighted by Gasteiger charge is -2.41. The minimum absolute atomic E-state index is 0.120. The smallest absolute Gasteiger partial charge is 0.307 e. The highest BCUT2D eigenvalue weighted by Crippen LogP contribution is 2.46. The van der Waals surface area contributed by atoms with E-state index in [0.29, 0.717) is 11.8 Å². The lowest BCUT2D eigenvalue weighted by atomic mass is 9.75. The van der Waals surface area contributed by atoms with Crippen LogP contribution in [-0.4, -0.2) is 35.0 Å². The summed E-state index contributed by atoms with van der Waals surface area (Å²) in [6.45, 7) is 1.70. The van der Waals surface area contributed by atoms with Gasteiger partial charge >= 0.3 is 5.97 Å². The summed E-state index contributed by atoms with van der Waals surface area (Å²) in [4.78, 5) is 26.1. The summed E-state index contributed by atoms with van der Waals surface area (Å²) >= 11 is 0.